The summed E-state index contributed by atoms with van der Waals surface area (Å²) in [7, 11) is 1.55. The molecular weight excluding hydrogens is 256 g/mol. The van der Waals surface area contributed by atoms with Gasteiger partial charge in [0.2, 0.25) is 5.88 Å². The minimum atomic E-state index is -0.329. The van der Waals surface area contributed by atoms with E-state index in [1.165, 1.54) is 0 Å². The third-order valence-corrected chi connectivity index (χ3v) is 3.12. The van der Waals surface area contributed by atoms with Crippen molar-refractivity contribution in [3.8, 4) is 23.0 Å². The van der Waals surface area contributed by atoms with Crippen molar-refractivity contribution in [1.82, 2.24) is 9.97 Å². The summed E-state index contributed by atoms with van der Waals surface area (Å²) in [6.07, 6.45) is 0. The average molecular weight is 274 g/mol. The predicted octanol–water partition coefficient (Wildman–Crippen LogP) is 2.58. The van der Waals surface area contributed by atoms with Crippen molar-refractivity contribution in [2.24, 2.45) is 0 Å². The molecule has 5 heteroatoms. The van der Waals surface area contributed by atoms with E-state index in [4.69, 9.17) is 4.74 Å². The van der Waals surface area contributed by atoms with Crippen molar-refractivity contribution in [3.63, 3.8) is 0 Å². The highest BCUT2D eigenvalue weighted by atomic mass is 16.5. The molecule has 1 aromatic carbocycles. The predicted molar refractivity (Wildman–Crippen MR) is 77.3 cm³/mol. The van der Waals surface area contributed by atoms with E-state index < -0.39 is 0 Å². The maximum absolute atomic E-state index is 12.0. The fourth-order valence-electron chi connectivity index (χ4n) is 2.11. The Hall–Kier alpha value is -2.30. The molecule has 1 heterocycles. The average Bonchev–Trinajstić information content (AvgIpc) is 2.37. The smallest absolute Gasteiger partial charge is 0.258 e. The third kappa shape index (κ3) is 2.52. The number of methoxy groups -OCH3 is 1. The lowest BCUT2D eigenvalue weighted by molar-refractivity contribution is 0.415. The van der Waals surface area contributed by atoms with Crippen LogP contribution in [-0.4, -0.2) is 22.2 Å². The quantitative estimate of drug-likeness (QED) is 0.902. The van der Waals surface area contributed by atoms with Crippen LogP contribution in [0.4, 0.5) is 0 Å². The second-order valence-electron chi connectivity index (χ2n) is 5.01. The molecule has 2 aromatic rings. The van der Waals surface area contributed by atoms with Crippen molar-refractivity contribution >= 4 is 0 Å². The Bertz CT molecular complexity index is 690. The zero-order chi connectivity index (χ0) is 14.9. The van der Waals surface area contributed by atoms with Crippen LogP contribution < -0.4 is 10.3 Å². The van der Waals surface area contributed by atoms with Gasteiger partial charge in [0.25, 0.3) is 5.56 Å². The van der Waals surface area contributed by atoms with Gasteiger partial charge in [-0.05, 0) is 30.5 Å². The molecule has 5 nitrogen and oxygen atoms in total. The minimum absolute atomic E-state index is 0.0970. The molecule has 0 amide bonds. The van der Waals surface area contributed by atoms with Gasteiger partial charge in [-0.1, -0.05) is 19.9 Å². The zero-order valence-corrected chi connectivity index (χ0v) is 12.0. The lowest BCUT2D eigenvalue weighted by Crippen LogP contribution is -2.16. The fourth-order valence-corrected chi connectivity index (χ4v) is 2.11. The van der Waals surface area contributed by atoms with Crippen LogP contribution in [0.2, 0.25) is 0 Å². The van der Waals surface area contributed by atoms with Crippen molar-refractivity contribution < 1.29 is 9.84 Å². The van der Waals surface area contributed by atoms with E-state index in [1.54, 1.807) is 13.2 Å². The number of ether oxygens (including phenoxy) is 1. The van der Waals surface area contributed by atoms with E-state index in [1.807, 2.05) is 32.9 Å². The van der Waals surface area contributed by atoms with Crippen LogP contribution in [-0.2, 0) is 0 Å². The molecule has 0 aliphatic heterocycles. The van der Waals surface area contributed by atoms with E-state index >= 15 is 0 Å². The van der Waals surface area contributed by atoms with Crippen LogP contribution in [0.3, 0.4) is 0 Å². The summed E-state index contributed by atoms with van der Waals surface area (Å²) >= 11 is 0. The van der Waals surface area contributed by atoms with Gasteiger partial charge >= 0.3 is 0 Å². The van der Waals surface area contributed by atoms with Crippen LogP contribution in [0.15, 0.2) is 23.0 Å². The second kappa shape index (κ2) is 5.36. The summed E-state index contributed by atoms with van der Waals surface area (Å²) in [5.41, 5.74) is 1.64. The largest absolute Gasteiger partial charge is 0.496 e. The maximum atomic E-state index is 12.0. The minimum Gasteiger partial charge on any atom is -0.496 e. The zero-order valence-electron chi connectivity index (χ0n) is 12.0. The molecule has 106 valence electrons. The number of hydrogen-bond acceptors (Lipinski definition) is 4. The Morgan fingerprint density at radius 2 is 2.05 bits per heavy atom. The Balaban J connectivity index is 2.63. The van der Waals surface area contributed by atoms with Crippen LogP contribution in [0.1, 0.15) is 30.9 Å². The van der Waals surface area contributed by atoms with E-state index in [2.05, 4.69) is 9.97 Å². The Kier molecular flexibility index (Phi) is 3.79. The van der Waals surface area contributed by atoms with Gasteiger partial charge in [0.05, 0.1) is 18.2 Å². The topological polar surface area (TPSA) is 75.2 Å². The van der Waals surface area contributed by atoms with E-state index in [-0.39, 0.29) is 17.4 Å². The molecule has 0 saturated carbocycles. The van der Waals surface area contributed by atoms with Crippen molar-refractivity contribution in [3.05, 3.63) is 39.7 Å². The normalized spacial score (nSPS) is 10.8. The molecule has 0 unspecified atom stereocenters. The Labute approximate surface area is 117 Å². The summed E-state index contributed by atoms with van der Waals surface area (Å²) in [5, 5.41) is 9.95. The fraction of sp³-hybridized carbons (Fsp3) is 0.333. The van der Waals surface area contributed by atoms with E-state index in [9.17, 15) is 9.90 Å². The number of aryl methyl sites for hydroxylation is 1. The number of aromatic amines is 1. The molecule has 0 bridgehead atoms. The summed E-state index contributed by atoms with van der Waals surface area (Å²) < 4.78 is 5.29. The van der Waals surface area contributed by atoms with Gasteiger partial charge in [0.1, 0.15) is 11.6 Å². The highest BCUT2D eigenvalue weighted by molar-refractivity contribution is 5.65. The first-order chi connectivity index (χ1) is 9.43. The van der Waals surface area contributed by atoms with E-state index in [0.29, 0.717) is 22.7 Å². The number of hydrogen-bond donors (Lipinski definition) is 2. The van der Waals surface area contributed by atoms with Gasteiger partial charge in [-0.2, -0.15) is 4.98 Å². The van der Waals surface area contributed by atoms with Crippen molar-refractivity contribution in [1.29, 1.82) is 0 Å². The van der Waals surface area contributed by atoms with Gasteiger partial charge in [-0.3, -0.25) is 4.79 Å². The molecule has 0 fully saturated rings. The van der Waals surface area contributed by atoms with Crippen LogP contribution >= 0.6 is 0 Å². The monoisotopic (exact) mass is 274 g/mol. The molecule has 0 aliphatic carbocycles. The summed E-state index contributed by atoms with van der Waals surface area (Å²) in [5.74, 6) is 0.570. The van der Waals surface area contributed by atoms with Crippen LogP contribution in [0.25, 0.3) is 11.4 Å². The summed E-state index contributed by atoms with van der Waals surface area (Å²) in [6, 6.07) is 5.55. The Morgan fingerprint density at radius 1 is 1.35 bits per heavy atom. The highest BCUT2D eigenvalue weighted by Gasteiger charge is 2.16. The van der Waals surface area contributed by atoms with Gasteiger partial charge < -0.3 is 14.8 Å². The van der Waals surface area contributed by atoms with Gasteiger partial charge in [-0.15, -0.1) is 0 Å². The van der Waals surface area contributed by atoms with Gasteiger partial charge in [0, 0.05) is 0 Å². The van der Waals surface area contributed by atoms with Crippen molar-refractivity contribution in [2.45, 2.75) is 26.7 Å². The molecule has 2 N–H and O–H groups in total. The first kappa shape index (κ1) is 14.1. The van der Waals surface area contributed by atoms with Gasteiger partial charge in [0.15, 0.2) is 0 Å². The number of rotatable bonds is 3. The molecule has 20 heavy (non-hydrogen) atoms. The summed E-state index contributed by atoms with van der Waals surface area (Å²) in [4.78, 5) is 18.8. The molecule has 0 radical (unpaired) electrons. The maximum Gasteiger partial charge on any atom is 0.258 e. The molecule has 0 spiro atoms. The lowest BCUT2D eigenvalue weighted by Gasteiger charge is -2.11. The number of nitrogens with zero attached hydrogens (tertiary/aromatic N) is 1. The van der Waals surface area contributed by atoms with Crippen molar-refractivity contribution in [2.75, 3.05) is 7.11 Å². The first-order valence-electron chi connectivity index (χ1n) is 6.42. The molecule has 0 aliphatic rings. The third-order valence-electron chi connectivity index (χ3n) is 3.12. The van der Waals surface area contributed by atoms with Crippen LogP contribution in [0.5, 0.6) is 11.6 Å². The molecule has 0 atom stereocenters. The molecule has 2 rings (SSSR count). The number of benzene rings is 1. The molecular formula is C15H18N2O3. The van der Waals surface area contributed by atoms with Crippen LogP contribution in [0, 0.1) is 6.92 Å². The van der Waals surface area contributed by atoms with E-state index in [0.717, 1.165) is 5.56 Å². The SMILES string of the molecule is COc1cc(C)ccc1-c1nc(O)c(C(C)C)c(=O)[nH]1. The Morgan fingerprint density at radius 3 is 2.60 bits per heavy atom. The highest BCUT2D eigenvalue weighted by Crippen LogP contribution is 2.29. The second-order valence-corrected chi connectivity index (χ2v) is 5.01. The van der Waals surface area contributed by atoms with Gasteiger partial charge in [-0.25, -0.2) is 0 Å². The number of aromatic nitrogens is 2. The number of aromatic hydroxyl groups is 1. The number of H-pyrrole nitrogens is 1. The standard InChI is InChI=1S/C15H18N2O3/c1-8(2)12-14(18)16-13(17-15(12)19)10-6-5-9(3)7-11(10)20-4/h5-8H,1-4H3,(H2,16,17,18,19). The first-order valence-corrected chi connectivity index (χ1v) is 6.42. The lowest BCUT2D eigenvalue weighted by atomic mass is 10.1. The summed E-state index contributed by atoms with van der Waals surface area (Å²) in [6.45, 7) is 5.61. The molecule has 1 aromatic heterocycles. The molecule has 0 saturated heterocycles. The number of nitrogens with one attached hydrogen (secondary N) is 1.